The van der Waals surface area contributed by atoms with Gasteiger partial charge in [0.2, 0.25) is 5.91 Å². The number of nitrogens with one attached hydrogen (secondary N) is 1. The van der Waals surface area contributed by atoms with Gasteiger partial charge in [0.1, 0.15) is 10.0 Å². The first kappa shape index (κ1) is 25.3. The van der Waals surface area contributed by atoms with Crippen LogP contribution in [0.15, 0.2) is 46.9 Å². The first-order valence-electron chi connectivity index (χ1n) is 8.92. The number of benzene rings is 2. The second-order valence-electron chi connectivity index (χ2n) is 6.65. The number of hydrogen-bond donors (Lipinski definition) is 2. The number of nitrogens with zero attached hydrogens (tertiary/aromatic N) is 2. The minimum absolute atomic E-state index is 0. The van der Waals surface area contributed by atoms with Crippen molar-refractivity contribution in [2.24, 2.45) is 5.73 Å². The third-order valence-corrected chi connectivity index (χ3v) is 5.83. The normalized spacial score (nSPS) is 12.2. The molecule has 3 aromatic rings. The van der Waals surface area contributed by atoms with Gasteiger partial charge < -0.3 is 11.1 Å². The first-order valence-corrected chi connectivity index (χ1v) is 10.5. The second-order valence-corrected chi connectivity index (χ2v) is 8.57. The van der Waals surface area contributed by atoms with Gasteiger partial charge in [-0.15, -0.1) is 22.6 Å². The van der Waals surface area contributed by atoms with Crippen molar-refractivity contribution in [1.29, 1.82) is 0 Å². The third-order valence-electron chi connectivity index (χ3n) is 4.29. The molecule has 3 N–H and O–H groups in total. The van der Waals surface area contributed by atoms with Gasteiger partial charge in [-0.3, -0.25) is 4.79 Å². The van der Waals surface area contributed by atoms with Gasteiger partial charge in [-0.05, 0) is 35.7 Å². The molecular formula is C20H19BrClF3N4OS. The van der Waals surface area contributed by atoms with Crippen molar-refractivity contribution in [1.82, 2.24) is 15.5 Å². The van der Waals surface area contributed by atoms with Crippen LogP contribution in [0.25, 0.3) is 10.6 Å². The van der Waals surface area contributed by atoms with Crippen molar-refractivity contribution in [3.05, 3.63) is 68.6 Å². The monoisotopic (exact) mass is 534 g/mol. The van der Waals surface area contributed by atoms with E-state index in [1.807, 2.05) is 24.3 Å². The van der Waals surface area contributed by atoms with Gasteiger partial charge in [-0.1, -0.05) is 51.5 Å². The molecule has 3 rings (SSSR count). The van der Waals surface area contributed by atoms with Crippen LogP contribution in [0.1, 0.15) is 34.7 Å². The zero-order valence-corrected chi connectivity index (χ0v) is 19.5. The summed E-state index contributed by atoms with van der Waals surface area (Å²) < 4.78 is 39.7. The highest BCUT2D eigenvalue weighted by molar-refractivity contribution is 9.10. The van der Waals surface area contributed by atoms with Gasteiger partial charge in [0.05, 0.1) is 11.6 Å². The summed E-state index contributed by atoms with van der Waals surface area (Å²) in [5.74, 6) is -0.239. The van der Waals surface area contributed by atoms with Crippen LogP contribution in [-0.4, -0.2) is 16.1 Å². The summed E-state index contributed by atoms with van der Waals surface area (Å²) in [6.07, 6.45) is -4.01. The quantitative estimate of drug-likeness (QED) is 0.450. The Labute approximate surface area is 195 Å². The van der Waals surface area contributed by atoms with E-state index in [0.29, 0.717) is 33.0 Å². The van der Waals surface area contributed by atoms with Gasteiger partial charge >= 0.3 is 6.18 Å². The van der Waals surface area contributed by atoms with Crippen LogP contribution in [0, 0.1) is 0 Å². The summed E-state index contributed by atoms with van der Waals surface area (Å²) in [6, 6.07) is 10.8. The lowest BCUT2D eigenvalue weighted by molar-refractivity contribution is -0.137. The van der Waals surface area contributed by atoms with Crippen molar-refractivity contribution in [3.63, 3.8) is 0 Å². The van der Waals surface area contributed by atoms with Crippen molar-refractivity contribution in [3.8, 4) is 10.6 Å². The van der Waals surface area contributed by atoms with Gasteiger partial charge in [0.15, 0.2) is 0 Å². The summed E-state index contributed by atoms with van der Waals surface area (Å²) in [7, 11) is 0. The summed E-state index contributed by atoms with van der Waals surface area (Å²) in [5.41, 5.74) is 7.09. The second kappa shape index (κ2) is 10.5. The van der Waals surface area contributed by atoms with Crippen LogP contribution in [-0.2, 0) is 23.9 Å². The molecule has 1 heterocycles. The van der Waals surface area contributed by atoms with Crippen molar-refractivity contribution in [2.45, 2.75) is 32.1 Å². The summed E-state index contributed by atoms with van der Waals surface area (Å²) in [6.45, 7) is 1.83. The molecule has 0 aliphatic heterocycles. The molecular weight excluding hydrogens is 517 g/mol. The van der Waals surface area contributed by atoms with Crippen molar-refractivity contribution >= 4 is 45.6 Å². The van der Waals surface area contributed by atoms with Gasteiger partial charge in [0.25, 0.3) is 0 Å². The lowest BCUT2D eigenvalue weighted by atomic mass is 10.0. The Morgan fingerprint density at radius 2 is 1.81 bits per heavy atom. The van der Waals surface area contributed by atoms with Crippen molar-refractivity contribution < 1.29 is 18.0 Å². The average Bonchev–Trinajstić information content (AvgIpc) is 3.17. The number of rotatable bonds is 6. The molecule has 31 heavy (non-hydrogen) atoms. The molecule has 1 amide bonds. The number of nitrogens with two attached hydrogens (primary N) is 1. The Morgan fingerprint density at radius 3 is 2.39 bits per heavy atom. The Balaban J connectivity index is 0.00000341. The highest BCUT2D eigenvalue weighted by Gasteiger charge is 2.31. The minimum atomic E-state index is -4.47. The standard InChI is InChI=1S/C20H18BrF3N4OS.ClH/c1-11(29)26-17(6-12-2-4-13(10-25)5-3-12)19-28-27-18(30-19)14-7-15(20(22,23)24)9-16(21)8-14;/h2-5,7-9,17H,6,10,25H2,1H3,(H,26,29);1H. The zero-order chi connectivity index (χ0) is 21.9. The van der Waals surface area contributed by atoms with Crippen LogP contribution in [0.3, 0.4) is 0 Å². The van der Waals surface area contributed by atoms with E-state index < -0.39 is 17.8 Å². The smallest absolute Gasteiger partial charge is 0.347 e. The lowest BCUT2D eigenvalue weighted by Gasteiger charge is -2.15. The molecule has 0 bridgehead atoms. The van der Waals surface area contributed by atoms with Crippen LogP contribution in [0.4, 0.5) is 13.2 Å². The van der Waals surface area contributed by atoms with E-state index in [0.717, 1.165) is 34.6 Å². The highest BCUT2D eigenvalue weighted by atomic mass is 79.9. The molecule has 0 saturated heterocycles. The Morgan fingerprint density at radius 1 is 1.16 bits per heavy atom. The van der Waals surface area contributed by atoms with E-state index in [4.69, 9.17) is 5.73 Å². The Bertz CT molecular complexity index is 1040. The summed E-state index contributed by atoms with van der Waals surface area (Å²) in [5, 5.41) is 11.9. The average molecular weight is 536 g/mol. The highest BCUT2D eigenvalue weighted by Crippen LogP contribution is 2.36. The van der Waals surface area contributed by atoms with Crippen molar-refractivity contribution in [2.75, 3.05) is 0 Å². The fraction of sp³-hybridized carbons (Fsp3) is 0.250. The third kappa shape index (κ3) is 6.73. The molecule has 0 aliphatic carbocycles. The Hall–Kier alpha value is -2.01. The maximum Gasteiger partial charge on any atom is 0.416 e. The number of aromatic nitrogens is 2. The predicted molar refractivity (Wildman–Crippen MR) is 120 cm³/mol. The lowest BCUT2D eigenvalue weighted by Crippen LogP contribution is -2.27. The van der Waals surface area contributed by atoms with Crippen LogP contribution in [0.5, 0.6) is 0 Å². The van der Waals surface area contributed by atoms with E-state index in [1.54, 1.807) is 6.07 Å². The maximum absolute atomic E-state index is 13.1. The SMILES string of the molecule is CC(=O)NC(Cc1ccc(CN)cc1)c1nnc(-c2cc(Br)cc(C(F)(F)F)c2)s1.Cl. The number of hydrogen-bond acceptors (Lipinski definition) is 5. The molecule has 0 radical (unpaired) electrons. The molecule has 2 aromatic carbocycles. The molecule has 1 atom stereocenters. The molecule has 166 valence electrons. The molecule has 11 heteroatoms. The van der Waals surface area contributed by atoms with Crippen LogP contribution >= 0.6 is 39.7 Å². The topological polar surface area (TPSA) is 80.9 Å². The van der Waals surface area contributed by atoms with E-state index in [2.05, 4.69) is 31.4 Å². The molecule has 0 fully saturated rings. The molecule has 5 nitrogen and oxygen atoms in total. The van der Waals surface area contributed by atoms with E-state index in [9.17, 15) is 18.0 Å². The number of amides is 1. The number of halogens is 5. The van der Waals surface area contributed by atoms with E-state index >= 15 is 0 Å². The van der Waals surface area contributed by atoms with Gasteiger partial charge in [0, 0.05) is 23.5 Å². The summed E-state index contributed by atoms with van der Waals surface area (Å²) >= 11 is 4.26. The van der Waals surface area contributed by atoms with Crippen LogP contribution < -0.4 is 11.1 Å². The van der Waals surface area contributed by atoms with E-state index in [-0.39, 0.29) is 18.3 Å². The molecule has 1 unspecified atom stereocenters. The minimum Gasteiger partial charge on any atom is -0.347 e. The molecule has 1 aromatic heterocycles. The zero-order valence-electron chi connectivity index (χ0n) is 16.2. The maximum atomic E-state index is 13.1. The molecule has 0 spiro atoms. The number of carbonyl (C=O) groups excluding carboxylic acids is 1. The van der Waals surface area contributed by atoms with E-state index in [1.165, 1.54) is 6.92 Å². The number of alkyl halides is 3. The van der Waals surface area contributed by atoms with Crippen LogP contribution in [0.2, 0.25) is 0 Å². The molecule has 0 saturated carbocycles. The molecule has 0 aliphatic rings. The largest absolute Gasteiger partial charge is 0.416 e. The first-order chi connectivity index (χ1) is 14.2. The fourth-order valence-electron chi connectivity index (χ4n) is 2.86. The van der Waals surface area contributed by atoms with Gasteiger partial charge in [-0.2, -0.15) is 13.2 Å². The summed E-state index contributed by atoms with van der Waals surface area (Å²) in [4.78, 5) is 11.7. The fourth-order valence-corrected chi connectivity index (χ4v) is 4.24. The number of carbonyl (C=O) groups is 1. The predicted octanol–water partition coefficient (Wildman–Crippen LogP) is 5.29. The van der Waals surface area contributed by atoms with Gasteiger partial charge in [-0.25, -0.2) is 0 Å². The Kier molecular flexibility index (Phi) is 8.58.